The number of imidazole rings is 1. The number of amides is 1. The lowest BCUT2D eigenvalue weighted by Gasteiger charge is -2.18. The van der Waals surface area contributed by atoms with E-state index in [1.54, 1.807) is 4.90 Å². The van der Waals surface area contributed by atoms with Crippen LogP contribution >= 0.6 is 15.9 Å². The number of oxime groups is 1. The third-order valence-electron chi connectivity index (χ3n) is 6.16. The summed E-state index contributed by atoms with van der Waals surface area (Å²) < 4.78 is 3.24. The van der Waals surface area contributed by atoms with Crippen molar-refractivity contribution in [1.82, 2.24) is 9.55 Å². The molecular weight excluding hydrogens is 504 g/mol. The Morgan fingerprint density at radius 3 is 2.54 bits per heavy atom. The molecule has 0 atom stereocenters. The number of hydrogen-bond donors (Lipinski definition) is 0. The van der Waals surface area contributed by atoms with Crippen LogP contribution in [-0.4, -0.2) is 21.2 Å². The van der Waals surface area contributed by atoms with Gasteiger partial charge in [0.05, 0.1) is 23.3 Å². The number of nitrogens with zero attached hydrogens (tertiary/aromatic N) is 4. The highest BCUT2D eigenvalue weighted by molar-refractivity contribution is 9.10. The molecule has 1 aliphatic rings. The Morgan fingerprint density at radius 2 is 1.74 bits per heavy atom. The average Bonchev–Trinajstić information content (AvgIpc) is 3.34. The Bertz CT molecular complexity index is 1390. The molecule has 4 aromatic rings. The van der Waals surface area contributed by atoms with Gasteiger partial charge in [-0.1, -0.05) is 77.4 Å². The van der Waals surface area contributed by atoms with Crippen LogP contribution < -0.4 is 4.90 Å². The van der Waals surface area contributed by atoms with Crippen molar-refractivity contribution in [2.24, 2.45) is 11.1 Å². The molecule has 0 fully saturated rings. The zero-order valence-corrected chi connectivity index (χ0v) is 21.4. The van der Waals surface area contributed by atoms with Crippen LogP contribution in [0.3, 0.4) is 0 Å². The zero-order valence-electron chi connectivity index (χ0n) is 19.8. The minimum absolute atomic E-state index is 0.176. The van der Waals surface area contributed by atoms with Gasteiger partial charge in [-0.3, -0.25) is 9.69 Å². The lowest BCUT2D eigenvalue weighted by molar-refractivity contribution is -0.112. The van der Waals surface area contributed by atoms with E-state index in [9.17, 15) is 4.79 Å². The second-order valence-electron chi connectivity index (χ2n) is 9.10. The molecule has 1 amide bonds. The lowest BCUT2D eigenvalue weighted by atomic mass is 10.1. The van der Waals surface area contributed by atoms with Gasteiger partial charge in [-0.05, 0) is 48.2 Å². The second-order valence-corrected chi connectivity index (χ2v) is 10.0. The molecule has 2 heterocycles. The van der Waals surface area contributed by atoms with E-state index in [0.717, 1.165) is 51.1 Å². The number of hydrogen-bond acceptors (Lipinski definition) is 4. The predicted molar refractivity (Wildman–Crippen MR) is 142 cm³/mol. The molecule has 1 aromatic heterocycles. The predicted octanol–water partition coefficient (Wildman–Crippen LogP) is 6.31. The number of rotatable bonds is 8. The van der Waals surface area contributed by atoms with Gasteiger partial charge in [0.25, 0.3) is 5.91 Å². The Kier molecular flexibility index (Phi) is 6.68. The summed E-state index contributed by atoms with van der Waals surface area (Å²) >= 11 is 3.43. The quantitative estimate of drug-likeness (QED) is 0.250. The minimum atomic E-state index is -0.176. The number of benzene rings is 3. The highest BCUT2D eigenvalue weighted by Gasteiger charge is 2.35. The summed E-state index contributed by atoms with van der Waals surface area (Å²) in [4.78, 5) is 25.8. The van der Waals surface area contributed by atoms with Gasteiger partial charge >= 0.3 is 0 Å². The Labute approximate surface area is 213 Å². The summed E-state index contributed by atoms with van der Waals surface area (Å²) in [5.74, 6) is 1.26. The van der Waals surface area contributed by atoms with Gasteiger partial charge in [-0.15, -0.1) is 0 Å². The molecule has 7 heteroatoms. The number of anilines is 1. The van der Waals surface area contributed by atoms with Crippen molar-refractivity contribution in [3.05, 3.63) is 94.2 Å². The molecular formula is C28H27BrN4O2. The highest BCUT2D eigenvalue weighted by Crippen LogP contribution is 2.31. The van der Waals surface area contributed by atoms with E-state index in [0.29, 0.717) is 18.2 Å². The van der Waals surface area contributed by atoms with Crippen molar-refractivity contribution < 1.29 is 9.63 Å². The maximum atomic E-state index is 13.5. The number of para-hydroxylation sites is 3. The molecule has 5 rings (SSSR count). The number of aromatic nitrogens is 2. The second kappa shape index (κ2) is 10.0. The zero-order chi connectivity index (χ0) is 24.4. The minimum Gasteiger partial charge on any atom is -0.390 e. The van der Waals surface area contributed by atoms with E-state index < -0.39 is 0 Å². The van der Waals surface area contributed by atoms with E-state index in [1.165, 1.54) is 0 Å². The number of fused-ring (bicyclic) bond motifs is 2. The van der Waals surface area contributed by atoms with Gasteiger partial charge in [0, 0.05) is 16.6 Å². The van der Waals surface area contributed by atoms with Crippen molar-refractivity contribution in [3.8, 4) is 0 Å². The molecule has 0 radical (unpaired) electrons. The number of halogens is 1. The molecule has 35 heavy (non-hydrogen) atoms. The number of carbonyl (C=O) groups excluding carboxylic acids is 1. The summed E-state index contributed by atoms with van der Waals surface area (Å²) in [5.41, 5.74) is 4.94. The third kappa shape index (κ3) is 4.86. The van der Waals surface area contributed by atoms with Gasteiger partial charge in [0.2, 0.25) is 0 Å². The molecule has 0 spiro atoms. The van der Waals surface area contributed by atoms with E-state index >= 15 is 0 Å². The molecule has 6 nitrogen and oxygen atoms in total. The first-order chi connectivity index (χ1) is 17.0. The van der Waals surface area contributed by atoms with Gasteiger partial charge in [0.1, 0.15) is 12.4 Å². The van der Waals surface area contributed by atoms with Crippen LogP contribution in [-0.2, 0) is 29.3 Å². The van der Waals surface area contributed by atoms with Gasteiger partial charge in [0.15, 0.2) is 5.71 Å². The number of carbonyl (C=O) groups is 1. The van der Waals surface area contributed by atoms with Crippen molar-refractivity contribution in [2.75, 3.05) is 4.90 Å². The summed E-state index contributed by atoms with van der Waals surface area (Å²) in [6, 6.07) is 23.7. The summed E-state index contributed by atoms with van der Waals surface area (Å²) in [6.07, 6.45) is 1.04. The van der Waals surface area contributed by atoms with E-state index in [2.05, 4.69) is 45.6 Å². The van der Waals surface area contributed by atoms with Gasteiger partial charge in [-0.2, -0.15) is 0 Å². The standard InChI is InChI=1S/C28H27BrN4O2/c1-19(2)15-16-32-25-10-6-4-8-23(25)30-26(32)17-33-24-9-5-3-7-22(24)27(28(33)34)31-35-18-20-11-13-21(29)14-12-20/h3-14,19H,15-18H2,1-2H3. The van der Waals surface area contributed by atoms with Crippen LogP contribution in [0.4, 0.5) is 5.69 Å². The van der Waals surface area contributed by atoms with Crippen LogP contribution in [0.25, 0.3) is 11.0 Å². The first kappa shape index (κ1) is 23.3. The maximum Gasteiger partial charge on any atom is 0.281 e. The van der Waals surface area contributed by atoms with Gasteiger partial charge < -0.3 is 9.40 Å². The van der Waals surface area contributed by atoms with Gasteiger partial charge in [-0.25, -0.2) is 4.98 Å². The van der Waals surface area contributed by atoms with E-state index in [-0.39, 0.29) is 12.5 Å². The first-order valence-electron chi connectivity index (χ1n) is 11.8. The fourth-order valence-corrected chi connectivity index (χ4v) is 4.55. The van der Waals surface area contributed by atoms with E-state index in [1.807, 2.05) is 66.7 Å². The van der Waals surface area contributed by atoms with Crippen molar-refractivity contribution in [3.63, 3.8) is 0 Å². The molecule has 0 bridgehead atoms. The van der Waals surface area contributed by atoms with Crippen LogP contribution in [0.1, 0.15) is 37.2 Å². The van der Waals surface area contributed by atoms with Crippen LogP contribution in [0, 0.1) is 5.92 Å². The SMILES string of the molecule is CC(C)CCn1c(CN2C(=O)C(=NOCc3ccc(Br)cc3)c3ccccc32)nc2ccccc21. The monoisotopic (exact) mass is 530 g/mol. The summed E-state index contributed by atoms with van der Waals surface area (Å²) in [6.45, 7) is 5.95. The van der Waals surface area contributed by atoms with Crippen LogP contribution in [0.2, 0.25) is 0 Å². The summed E-state index contributed by atoms with van der Waals surface area (Å²) in [5, 5.41) is 4.27. The largest absolute Gasteiger partial charge is 0.390 e. The number of aryl methyl sites for hydroxylation is 1. The Hall–Kier alpha value is -3.45. The third-order valence-corrected chi connectivity index (χ3v) is 6.69. The highest BCUT2D eigenvalue weighted by atomic mass is 79.9. The molecule has 0 aliphatic carbocycles. The van der Waals surface area contributed by atoms with Crippen LogP contribution in [0.5, 0.6) is 0 Å². The lowest BCUT2D eigenvalue weighted by Crippen LogP contribution is -2.31. The fourth-order valence-electron chi connectivity index (χ4n) is 4.28. The smallest absolute Gasteiger partial charge is 0.281 e. The Balaban J connectivity index is 1.43. The van der Waals surface area contributed by atoms with Crippen LogP contribution in [0.15, 0.2) is 82.4 Å². The topological polar surface area (TPSA) is 59.7 Å². The summed E-state index contributed by atoms with van der Waals surface area (Å²) in [7, 11) is 0. The van der Waals surface area contributed by atoms with Crippen molar-refractivity contribution in [2.45, 2.75) is 40.0 Å². The van der Waals surface area contributed by atoms with Crippen molar-refractivity contribution in [1.29, 1.82) is 0 Å². The molecule has 0 unspecified atom stereocenters. The molecule has 3 aromatic carbocycles. The molecule has 1 aliphatic heterocycles. The molecule has 0 saturated carbocycles. The first-order valence-corrected chi connectivity index (χ1v) is 12.6. The van der Waals surface area contributed by atoms with Crippen molar-refractivity contribution >= 4 is 44.3 Å². The average molecular weight is 531 g/mol. The maximum absolute atomic E-state index is 13.5. The molecule has 0 N–H and O–H groups in total. The molecule has 178 valence electrons. The molecule has 0 saturated heterocycles. The van der Waals surface area contributed by atoms with E-state index in [4.69, 9.17) is 9.82 Å². The normalized spacial score (nSPS) is 14.3. The Morgan fingerprint density at radius 1 is 1.00 bits per heavy atom. The fraction of sp³-hybridized carbons (Fsp3) is 0.250.